The third-order valence-corrected chi connectivity index (χ3v) is 5.85. The zero-order valence-corrected chi connectivity index (χ0v) is 17.6. The van der Waals surface area contributed by atoms with E-state index in [-0.39, 0.29) is 11.7 Å². The first-order chi connectivity index (χ1) is 14.1. The molecule has 0 saturated heterocycles. The fourth-order valence-electron chi connectivity index (χ4n) is 4.16. The van der Waals surface area contributed by atoms with Crippen LogP contribution in [-0.4, -0.2) is 22.7 Å². The highest BCUT2D eigenvalue weighted by Gasteiger charge is 2.33. The number of hydrogen-bond donors (Lipinski definition) is 0. The van der Waals surface area contributed by atoms with E-state index in [9.17, 15) is 4.79 Å². The molecule has 1 aliphatic carbocycles. The molecule has 0 fully saturated rings. The third kappa shape index (κ3) is 3.82. The lowest BCUT2D eigenvalue weighted by Gasteiger charge is -2.21. The molecule has 0 aliphatic heterocycles. The van der Waals surface area contributed by atoms with Gasteiger partial charge in [-0.15, -0.1) is 0 Å². The molecule has 0 radical (unpaired) electrons. The molecule has 0 spiro atoms. The quantitative estimate of drug-likeness (QED) is 0.518. The molecule has 4 nitrogen and oxygen atoms in total. The van der Waals surface area contributed by atoms with Crippen molar-refractivity contribution in [2.24, 2.45) is 0 Å². The average Bonchev–Trinajstić information content (AvgIpc) is 3.11. The smallest absolute Gasteiger partial charge is 0.167 e. The summed E-state index contributed by atoms with van der Waals surface area (Å²) >= 11 is 6.28. The Morgan fingerprint density at radius 1 is 1.17 bits per heavy atom. The zero-order valence-electron chi connectivity index (χ0n) is 16.8. The average molecular weight is 409 g/mol. The van der Waals surface area contributed by atoms with Gasteiger partial charge in [0, 0.05) is 11.4 Å². The summed E-state index contributed by atoms with van der Waals surface area (Å²) in [6, 6.07) is 15.7. The summed E-state index contributed by atoms with van der Waals surface area (Å²) in [5.74, 6) is 1.04. The van der Waals surface area contributed by atoms with E-state index >= 15 is 0 Å². The van der Waals surface area contributed by atoms with E-state index in [0.717, 1.165) is 48.3 Å². The number of Topliss-reactive ketones (excluding diaryl/α,β-unsaturated/α-hetero) is 1. The molecule has 1 aromatic heterocycles. The number of ketones is 1. The van der Waals surface area contributed by atoms with Crippen molar-refractivity contribution in [1.82, 2.24) is 9.78 Å². The molecule has 150 valence electrons. The van der Waals surface area contributed by atoms with Crippen molar-refractivity contribution in [3.05, 3.63) is 76.1 Å². The Morgan fingerprint density at radius 3 is 2.69 bits per heavy atom. The van der Waals surface area contributed by atoms with Gasteiger partial charge in [0.05, 0.1) is 24.1 Å². The maximum absolute atomic E-state index is 13.2. The molecule has 1 heterocycles. The van der Waals surface area contributed by atoms with Crippen LogP contribution in [0.15, 0.2) is 48.5 Å². The molecule has 1 atom stereocenters. The minimum absolute atomic E-state index is 0.167. The van der Waals surface area contributed by atoms with Gasteiger partial charge in [-0.1, -0.05) is 55.3 Å². The summed E-state index contributed by atoms with van der Waals surface area (Å²) < 4.78 is 7.44. The molecule has 0 amide bonds. The number of benzene rings is 2. The van der Waals surface area contributed by atoms with Gasteiger partial charge in [0.1, 0.15) is 11.4 Å². The van der Waals surface area contributed by atoms with Crippen molar-refractivity contribution >= 4 is 17.4 Å². The van der Waals surface area contributed by atoms with Crippen LogP contribution in [-0.2, 0) is 12.8 Å². The van der Waals surface area contributed by atoms with E-state index in [2.05, 4.69) is 19.1 Å². The van der Waals surface area contributed by atoms with Crippen molar-refractivity contribution in [1.29, 1.82) is 0 Å². The lowest BCUT2D eigenvalue weighted by atomic mass is 9.81. The minimum atomic E-state index is 0.167. The van der Waals surface area contributed by atoms with Crippen LogP contribution in [0.2, 0.25) is 5.02 Å². The molecule has 2 aromatic carbocycles. The Bertz CT molecular complexity index is 1030. The molecule has 4 rings (SSSR count). The van der Waals surface area contributed by atoms with Crippen molar-refractivity contribution in [2.45, 2.75) is 44.9 Å². The number of aromatic nitrogens is 2. The molecule has 1 unspecified atom stereocenters. The SMILES string of the molecule is CCCCc1c2c(nn1-c1cc(Cl)ccc1OC)CC(c1ccccc1)CC2=O. The van der Waals surface area contributed by atoms with E-state index in [1.54, 1.807) is 13.2 Å². The lowest BCUT2D eigenvalue weighted by Crippen LogP contribution is -2.19. The van der Waals surface area contributed by atoms with Gasteiger partial charge >= 0.3 is 0 Å². The molecular weight excluding hydrogens is 384 g/mol. The van der Waals surface area contributed by atoms with Gasteiger partial charge in [-0.05, 0) is 48.9 Å². The first-order valence-corrected chi connectivity index (χ1v) is 10.5. The summed E-state index contributed by atoms with van der Waals surface area (Å²) in [6.07, 6.45) is 4.13. The van der Waals surface area contributed by atoms with Crippen LogP contribution >= 0.6 is 11.6 Å². The predicted molar refractivity (Wildman–Crippen MR) is 116 cm³/mol. The second kappa shape index (κ2) is 8.42. The van der Waals surface area contributed by atoms with Gasteiger partial charge in [0.25, 0.3) is 0 Å². The van der Waals surface area contributed by atoms with E-state index in [4.69, 9.17) is 21.4 Å². The first kappa shape index (κ1) is 19.7. The molecule has 5 heteroatoms. The Kier molecular flexibility index (Phi) is 5.72. The molecule has 3 aromatic rings. The number of rotatable bonds is 6. The standard InChI is InChI=1S/C24H25ClN2O2/c1-3-4-10-20-24-19(13-17(14-22(24)28)16-8-6-5-7-9-16)26-27(20)21-15-18(25)11-12-23(21)29-2/h5-9,11-12,15,17H,3-4,10,13-14H2,1-2H3. The summed E-state index contributed by atoms with van der Waals surface area (Å²) in [4.78, 5) is 13.2. The normalized spacial score (nSPS) is 16.0. The maximum atomic E-state index is 13.2. The van der Waals surface area contributed by atoms with Gasteiger partial charge in [-0.2, -0.15) is 5.10 Å². The number of carbonyl (C=O) groups is 1. The van der Waals surface area contributed by atoms with Gasteiger partial charge in [0.2, 0.25) is 0 Å². The van der Waals surface area contributed by atoms with Crippen molar-refractivity contribution in [3.8, 4) is 11.4 Å². The molecule has 0 N–H and O–H groups in total. The Morgan fingerprint density at radius 2 is 1.97 bits per heavy atom. The summed E-state index contributed by atoms with van der Waals surface area (Å²) in [7, 11) is 1.64. The van der Waals surface area contributed by atoms with E-state index in [1.807, 2.05) is 35.0 Å². The van der Waals surface area contributed by atoms with E-state index in [0.29, 0.717) is 17.2 Å². The maximum Gasteiger partial charge on any atom is 0.167 e. The van der Waals surface area contributed by atoms with Crippen LogP contribution in [0.4, 0.5) is 0 Å². The van der Waals surface area contributed by atoms with E-state index in [1.165, 1.54) is 5.56 Å². The second-order valence-corrected chi connectivity index (χ2v) is 7.98. The van der Waals surface area contributed by atoms with Gasteiger partial charge < -0.3 is 4.74 Å². The number of unbranched alkanes of at least 4 members (excludes halogenated alkanes) is 1. The predicted octanol–water partition coefficient (Wildman–Crippen LogP) is 5.79. The Balaban J connectivity index is 1.83. The molecule has 0 saturated carbocycles. The van der Waals surface area contributed by atoms with Gasteiger partial charge in [-0.3, -0.25) is 4.79 Å². The van der Waals surface area contributed by atoms with Crippen LogP contribution in [0, 0.1) is 0 Å². The fourth-order valence-corrected chi connectivity index (χ4v) is 4.33. The molecule has 0 bridgehead atoms. The third-order valence-electron chi connectivity index (χ3n) is 5.61. The van der Waals surface area contributed by atoms with Crippen LogP contribution in [0.3, 0.4) is 0 Å². The number of fused-ring (bicyclic) bond motifs is 1. The van der Waals surface area contributed by atoms with Crippen LogP contribution in [0.5, 0.6) is 5.75 Å². The van der Waals surface area contributed by atoms with Gasteiger partial charge in [0.15, 0.2) is 5.78 Å². The summed E-state index contributed by atoms with van der Waals surface area (Å²) in [5.41, 5.74) is 4.62. The van der Waals surface area contributed by atoms with Gasteiger partial charge in [-0.25, -0.2) is 4.68 Å². The molecular formula is C24H25ClN2O2. The van der Waals surface area contributed by atoms with Crippen LogP contribution in [0.25, 0.3) is 5.69 Å². The summed E-state index contributed by atoms with van der Waals surface area (Å²) in [6.45, 7) is 2.15. The number of nitrogens with zero attached hydrogens (tertiary/aromatic N) is 2. The Labute approximate surface area is 176 Å². The van der Waals surface area contributed by atoms with Crippen molar-refractivity contribution in [2.75, 3.05) is 7.11 Å². The Hall–Kier alpha value is -2.59. The monoisotopic (exact) mass is 408 g/mol. The van der Waals surface area contributed by atoms with Crippen molar-refractivity contribution < 1.29 is 9.53 Å². The van der Waals surface area contributed by atoms with Crippen molar-refractivity contribution in [3.63, 3.8) is 0 Å². The molecule has 29 heavy (non-hydrogen) atoms. The second-order valence-electron chi connectivity index (χ2n) is 7.54. The number of halogens is 1. The fraction of sp³-hybridized carbons (Fsp3) is 0.333. The summed E-state index contributed by atoms with van der Waals surface area (Å²) in [5, 5.41) is 5.52. The minimum Gasteiger partial charge on any atom is -0.494 e. The number of methoxy groups -OCH3 is 1. The number of carbonyl (C=O) groups excluding carboxylic acids is 1. The lowest BCUT2D eigenvalue weighted by molar-refractivity contribution is 0.0963. The number of hydrogen-bond acceptors (Lipinski definition) is 3. The number of ether oxygens (including phenoxy) is 1. The van der Waals surface area contributed by atoms with Crippen LogP contribution in [0.1, 0.15) is 59.4 Å². The zero-order chi connectivity index (χ0) is 20.4. The van der Waals surface area contributed by atoms with E-state index < -0.39 is 0 Å². The highest BCUT2D eigenvalue weighted by Crippen LogP contribution is 2.37. The largest absolute Gasteiger partial charge is 0.494 e. The van der Waals surface area contributed by atoms with Crippen LogP contribution < -0.4 is 4.74 Å². The first-order valence-electron chi connectivity index (χ1n) is 10.1. The highest BCUT2D eigenvalue weighted by atomic mass is 35.5. The highest BCUT2D eigenvalue weighted by molar-refractivity contribution is 6.30. The molecule has 1 aliphatic rings. The topological polar surface area (TPSA) is 44.1 Å².